The van der Waals surface area contributed by atoms with Gasteiger partial charge in [0, 0.05) is 12.1 Å². The molecule has 10 heteroatoms. The zero-order valence-corrected chi connectivity index (χ0v) is 18.6. The zero-order valence-electron chi connectivity index (χ0n) is 17.8. The van der Waals surface area contributed by atoms with E-state index in [1.165, 1.54) is 30.0 Å². The highest BCUT2D eigenvalue weighted by molar-refractivity contribution is 7.98. The van der Waals surface area contributed by atoms with Crippen LogP contribution >= 0.6 is 11.8 Å². The standard InChI is InChI=1S/C22H21FN4O4S/c1-4-9-27-21(28)15-11-14(23)6-7-16(15)24-22(27)32-12-19-25-20(26-31-19)13-5-8-17(29-2)18(10-13)30-3/h5-8,10-11H,4,9,12H2,1-3H3. The number of hydrogen-bond donors (Lipinski definition) is 0. The summed E-state index contributed by atoms with van der Waals surface area (Å²) >= 11 is 1.31. The first kappa shape index (κ1) is 21.8. The van der Waals surface area contributed by atoms with Crippen molar-refractivity contribution in [1.29, 1.82) is 0 Å². The molecule has 4 aromatic rings. The fourth-order valence-electron chi connectivity index (χ4n) is 3.24. The third-order valence-corrected chi connectivity index (χ3v) is 5.72. The van der Waals surface area contributed by atoms with Crippen LogP contribution in [0.15, 0.2) is 50.9 Å². The van der Waals surface area contributed by atoms with Crippen molar-refractivity contribution in [2.24, 2.45) is 0 Å². The summed E-state index contributed by atoms with van der Waals surface area (Å²) in [6.45, 7) is 2.44. The molecule has 4 rings (SSSR count). The number of halogens is 1. The maximum Gasteiger partial charge on any atom is 0.262 e. The van der Waals surface area contributed by atoms with Crippen LogP contribution in [0.3, 0.4) is 0 Å². The van der Waals surface area contributed by atoms with Gasteiger partial charge in [0.05, 0.1) is 30.9 Å². The van der Waals surface area contributed by atoms with Crippen molar-refractivity contribution in [1.82, 2.24) is 19.7 Å². The van der Waals surface area contributed by atoms with E-state index in [1.807, 2.05) is 13.0 Å². The molecule has 0 N–H and O–H groups in total. The normalized spacial score (nSPS) is 11.1. The van der Waals surface area contributed by atoms with Crippen molar-refractivity contribution >= 4 is 22.7 Å². The fourth-order valence-corrected chi connectivity index (χ4v) is 4.10. The fraction of sp³-hybridized carbons (Fsp3) is 0.273. The third-order valence-electron chi connectivity index (χ3n) is 4.76. The van der Waals surface area contributed by atoms with Crippen LogP contribution < -0.4 is 15.0 Å². The van der Waals surface area contributed by atoms with Gasteiger partial charge in [0.2, 0.25) is 11.7 Å². The van der Waals surface area contributed by atoms with Crippen LogP contribution in [-0.4, -0.2) is 33.9 Å². The Labute approximate surface area is 187 Å². The van der Waals surface area contributed by atoms with Gasteiger partial charge in [-0.2, -0.15) is 4.98 Å². The number of nitrogens with zero attached hydrogens (tertiary/aromatic N) is 4. The Morgan fingerprint density at radius 2 is 1.91 bits per heavy atom. The van der Waals surface area contributed by atoms with Crippen molar-refractivity contribution in [2.45, 2.75) is 30.8 Å². The highest BCUT2D eigenvalue weighted by Gasteiger charge is 2.16. The van der Waals surface area contributed by atoms with Crippen molar-refractivity contribution < 1.29 is 18.4 Å². The molecule has 32 heavy (non-hydrogen) atoms. The van der Waals surface area contributed by atoms with Gasteiger partial charge in [-0.05, 0) is 42.8 Å². The maximum atomic E-state index is 13.6. The molecule has 0 atom stereocenters. The zero-order chi connectivity index (χ0) is 22.7. The van der Waals surface area contributed by atoms with E-state index in [9.17, 15) is 9.18 Å². The highest BCUT2D eigenvalue weighted by atomic mass is 32.2. The van der Waals surface area contributed by atoms with Gasteiger partial charge in [-0.3, -0.25) is 9.36 Å². The molecule has 0 aliphatic rings. The lowest BCUT2D eigenvalue weighted by molar-refractivity contribution is 0.355. The van der Waals surface area contributed by atoms with Crippen LogP contribution in [-0.2, 0) is 12.3 Å². The monoisotopic (exact) mass is 456 g/mol. The van der Waals surface area contributed by atoms with Gasteiger partial charge in [0.1, 0.15) is 5.82 Å². The van der Waals surface area contributed by atoms with Crippen molar-refractivity contribution in [2.75, 3.05) is 14.2 Å². The molecule has 0 saturated carbocycles. The van der Waals surface area contributed by atoms with E-state index in [4.69, 9.17) is 14.0 Å². The molecule has 2 aromatic carbocycles. The third kappa shape index (κ3) is 4.31. The topological polar surface area (TPSA) is 92.3 Å². The van der Waals surface area contributed by atoms with Crippen LogP contribution in [0, 0.1) is 5.82 Å². The minimum Gasteiger partial charge on any atom is -0.493 e. The van der Waals surface area contributed by atoms with Gasteiger partial charge in [-0.25, -0.2) is 9.37 Å². The van der Waals surface area contributed by atoms with E-state index in [0.29, 0.717) is 46.2 Å². The molecule has 0 unspecified atom stereocenters. The summed E-state index contributed by atoms with van der Waals surface area (Å²) in [5.74, 6) is 1.82. The van der Waals surface area contributed by atoms with Crippen LogP contribution in [0.2, 0.25) is 0 Å². The maximum absolute atomic E-state index is 13.6. The van der Waals surface area contributed by atoms with E-state index in [2.05, 4.69) is 15.1 Å². The smallest absolute Gasteiger partial charge is 0.262 e. The van der Waals surface area contributed by atoms with E-state index in [-0.39, 0.29) is 10.9 Å². The molecule has 2 aromatic heterocycles. The minimum absolute atomic E-state index is 0.260. The molecule has 0 saturated heterocycles. The number of thioether (sulfide) groups is 1. The van der Waals surface area contributed by atoms with Gasteiger partial charge in [0.25, 0.3) is 5.56 Å². The van der Waals surface area contributed by atoms with Gasteiger partial charge in [-0.15, -0.1) is 0 Å². The minimum atomic E-state index is -0.464. The Bertz CT molecular complexity index is 1320. The number of aromatic nitrogens is 4. The van der Waals surface area contributed by atoms with Gasteiger partial charge in [-0.1, -0.05) is 23.8 Å². The van der Waals surface area contributed by atoms with Gasteiger partial charge < -0.3 is 14.0 Å². The molecule has 0 fully saturated rings. The largest absolute Gasteiger partial charge is 0.493 e. The van der Waals surface area contributed by atoms with Crippen molar-refractivity contribution in [3.05, 3.63) is 58.5 Å². The second-order valence-corrected chi connectivity index (χ2v) is 7.83. The number of methoxy groups -OCH3 is 2. The Morgan fingerprint density at radius 3 is 2.66 bits per heavy atom. The number of fused-ring (bicyclic) bond motifs is 1. The first-order valence-corrected chi connectivity index (χ1v) is 10.9. The van der Waals surface area contributed by atoms with E-state index in [0.717, 1.165) is 12.0 Å². The first-order valence-electron chi connectivity index (χ1n) is 9.92. The molecule has 0 radical (unpaired) electrons. The number of ether oxygens (including phenoxy) is 2. The van der Waals surface area contributed by atoms with Gasteiger partial charge in [0.15, 0.2) is 16.7 Å². The van der Waals surface area contributed by atoms with Gasteiger partial charge >= 0.3 is 0 Å². The molecular weight excluding hydrogens is 435 g/mol. The Kier molecular flexibility index (Phi) is 6.40. The summed E-state index contributed by atoms with van der Waals surface area (Å²) in [4.78, 5) is 21.9. The molecular formula is C22H21FN4O4S. The Morgan fingerprint density at radius 1 is 1.09 bits per heavy atom. The summed E-state index contributed by atoms with van der Waals surface area (Å²) < 4.78 is 31.1. The lowest BCUT2D eigenvalue weighted by atomic mass is 10.2. The SMILES string of the molecule is CCCn1c(SCc2nc(-c3ccc(OC)c(OC)c3)no2)nc2ccc(F)cc2c1=O. The van der Waals surface area contributed by atoms with Crippen LogP contribution in [0.4, 0.5) is 4.39 Å². The number of rotatable bonds is 8. The summed E-state index contributed by atoms with van der Waals surface area (Å²) in [6.07, 6.45) is 0.736. The highest BCUT2D eigenvalue weighted by Crippen LogP contribution is 2.31. The number of benzene rings is 2. The second kappa shape index (κ2) is 9.39. The summed E-state index contributed by atoms with van der Waals surface area (Å²) in [7, 11) is 3.12. The lowest BCUT2D eigenvalue weighted by Crippen LogP contribution is -2.23. The Hall–Kier alpha value is -3.40. The molecule has 0 aliphatic carbocycles. The predicted molar refractivity (Wildman–Crippen MR) is 119 cm³/mol. The molecule has 166 valence electrons. The average molecular weight is 456 g/mol. The molecule has 0 bridgehead atoms. The van der Waals surface area contributed by atoms with Crippen molar-refractivity contribution in [3.8, 4) is 22.9 Å². The first-order chi connectivity index (χ1) is 15.5. The quantitative estimate of drug-likeness (QED) is 0.286. The average Bonchev–Trinajstić information content (AvgIpc) is 3.29. The lowest BCUT2D eigenvalue weighted by Gasteiger charge is -2.11. The van der Waals surface area contributed by atoms with E-state index >= 15 is 0 Å². The Balaban J connectivity index is 1.59. The van der Waals surface area contributed by atoms with Crippen LogP contribution in [0.1, 0.15) is 19.2 Å². The van der Waals surface area contributed by atoms with Crippen molar-refractivity contribution in [3.63, 3.8) is 0 Å². The predicted octanol–water partition coefficient (Wildman–Crippen LogP) is 4.31. The van der Waals surface area contributed by atoms with Crippen LogP contribution in [0.5, 0.6) is 11.5 Å². The molecule has 0 aliphatic heterocycles. The summed E-state index contributed by atoms with van der Waals surface area (Å²) in [5, 5.41) is 4.82. The summed E-state index contributed by atoms with van der Waals surface area (Å²) in [5.41, 5.74) is 0.898. The van der Waals surface area contributed by atoms with E-state index in [1.54, 1.807) is 30.9 Å². The van der Waals surface area contributed by atoms with Crippen LogP contribution in [0.25, 0.3) is 22.3 Å². The molecule has 0 amide bonds. The second-order valence-electron chi connectivity index (χ2n) is 6.88. The number of hydrogen-bond acceptors (Lipinski definition) is 8. The molecule has 2 heterocycles. The van der Waals surface area contributed by atoms with E-state index < -0.39 is 5.82 Å². The molecule has 8 nitrogen and oxygen atoms in total. The summed E-state index contributed by atoms with van der Waals surface area (Å²) in [6, 6.07) is 9.37. The molecule has 0 spiro atoms.